The SMILES string of the molecule is Cc1ccc(C(CNS(=O)(=O)c2cc(F)ccc2Cl)N(C)C)cc1. The van der Waals surface area contributed by atoms with Gasteiger partial charge in [-0.3, -0.25) is 0 Å². The Morgan fingerprint density at radius 3 is 2.38 bits per heavy atom. The lowest BCUT2D eigenvalue weighted by molar-refractivity contribution is 0.299. The summed E-state index contributed by atoms with van der Waals surface area (Å²) in [5, 5.41) is -0.0133. The Hall–Kier alpha value is -1.47. The van der Waals surface area contributed by atoms with Crippen molar-refractivity contribution in [3.8, 4) is 0 Å². The highest BCUT2D eigenvalue weighted by Crippen LogP contribution is 2.23. The van der Waals surface area contributed by atoms with Gasteiger partial charge in [0.1, 0.15) is 10.7 Å². The molecule has 0 amide bonds. The predicted molar refractivity (Wildman–Crippen MR) is 94.2 cm³/mol. The lowest BCUT2D eigenvalue weighted by Gasteiger charge is -2.25. The largest absolute Gasteiger partial charge is 0.301 e. The average molecular weight is 371 g/mol. The molecule has 1 unspecified atom stereocenters. The van der Waals surface area contributed by atoms with Crippen molar-refractivity contribution < 1.29 is 12.8 Å². The van der Waals surface area contributed by atoms with Gasteiger partial charge in [0.05, 0.1) is 5.02 Å². The second-order valence-corrected chi connectivity index (χ2v) is 7.96. The molecule has 0 heterocycles. The van der Waals surface area contributed by atoms with E-state index < -0.39 is 15.8 Å². The fourth-order valence-electron chi connectivity index (χ4n) is 2.34. The van der Waals surface area contributed by atoms with E-state index in [0.717, 1.165) is 23.3 Å². The van der Waals surface area contributed by atoms with Crippen molar-refractivity contribution in [2.24, 2.45) is 0 Å². The second-order valence-electron chi connectivity index (χ2n) is 5.82. The van der Waals surface area contributed by atoms with Gasteiger partial charge in [-0.15, -0.1) is 0 Å². The summed E-state index contributed by atoms with van der Waals surface area (Å²) < 4.78 is 40.7. The van der Waals surface area contributed by atoms with Gasteiger partial charge in [0.25, 0.3) is 0 Å². The highest BCUT2D eigenvalue weighted by molar-refractivity contribution is 7.89. The van der Waals surface area contributed by atoms with Crippen LogP contribution < -0.4 is 4.72 Å². The van der Waals surface area contributed by atoms with Gasteiger partial charge in [0, 0.05) is 12.6 Å². The van der Waals surface area contributed by atoms with Crippen LogP contribution in [0.5, 0.6) is 0 Å². The van der Waals surface area contributed by atoms with Gasteiger partial charge in [-0.1, -0.05) is 41.4 Å². The molecule has 2 aromatic carbocycles. The van der Waals surface area contributed by atoms with E-state index in [-0.39, 0.29) is 22.5 Å². The van der Waals surface area contributed by atoms with Crippen LogP contribution in [0.4, 0.5) is 4.39 Å². The molecule has 130 valence electrons. The van der Waals surface area contributed by atoms with Gasteiger partial charge in [0.15, 0.2) is 0 Å². The maximum Gasteiger partial charge on any atom is 0.242 e. The zero-order chi connectivity index (χ0) is 17.9. The topological polar surface area (TPSA) is 49.4 Å². The number of sulfonamides is 1. The van der Waals surface area contributed by atoms with Crippen molar-refractivity contribution >= 4 is 21.6 Å². The molecule has 0 saturated heterocycles. The van der Waals surface area contributed by atoms with E-state index in [1.807, 2.05) is 50.2 Å². The van der Waals surface area contributed by atoms with Crippen LogP contribution in [-0.2, 0) is 10.0 Å². The molecule has 0 aliphatic rings. The van der Waals surface area contributed by atoms with Gasteiger partial charge in [-0.2, -0.15) is 0 Å². The van der Waals surface area contributed by atoms with Crippen molar-refractivity contribution in [1.82, 2.24) is 9.62 Å². The molecule has 1 atom stereocenters. The maximum absolute atomic E-state index is 13.3. The van der Waals surface area contributed by atoms with Crippen LogP contribution in [0.3, 0.4) is 0 Å². The molecule has 4 nitrogen and oxygen atoms in total. The third kappa shape index (κ3) is 4.54. The van der Waals surface area contributed by atoms with Crippen LogP contribution >= 0.6 is 11.6 Å². The lowest BCUT2D eigenvalue weighted by Crippen LogP contribution is -2.34. The zero-order valence-corrected chi connectivity index (χ0v) is 15.3. The Bertz CT molecular complexity index is 808. The van der Waals surface area contributed by atoms with Crippen LogP contribution in [0.25, 0.3) is 0 Å². The van der Waals surface area contributed by atoms with E-state index in [4.69, 9.17) is 11.6 Å². The lowest BCUT2D eigenvalue weighted by atomic mass is 10.0. The molecule has 0 fully saturated rings. The minimum atomic E-state index is -3.91. The first-order chi connectivity index (χ1) is 11.2. The Morgan fingerprint density at radius 2 is 1.79 bits per heavy atom. The predicted octanol–water partition coefficient (Wildman–Crippen LogP) is 3.37. The molecular weight excluding hydrogens is 351 g/mol. The molecule has 1 N–H and O–H groups in total. The highest BCUT2D eigenvalue weighted by atomic mass is 35.5. The molecule has 0 aliphatic heterocycles. The number of nitrogens with one attached hydrogen (secondary N) is 1. The molecule has 0 saturated carbocycles. The molecule has 0 aromatic heterocycles. The fourth-order valence-corrected chi connectivity index (χ4v) is 3.88. The normalized spacial score (nSPS) is 13.2. The van der Waals surface area contributed by atoms with Crippen LogP contribution in [0, 0.1) is 12.7 Å². The molecule has 0 spiro atoms. The van der Waals surface area contributed by atoms with E-state index in [0.29, 0.717) is 0 Å². The second kappa shape index (κ2) is 7.61. The van der Waals surface area contributed by atoms with Crippen molar-refractivity contribution in [3.63, 3.8) is 0 Å². The zero-order valence-electron chi connectivity index (χ0n) is 13.8. The van der Waals surface area contributed by atoms with E-state index in [2.05, 4.69) is 4.72 Å². The van der Waals surface area contributed by atoms with Crippen LogP contribution in [0.15, 0.2) is 47.4 Å². The molecule has 0 radical (unpaired) electrons. The molecule has 0 aliphatic carbocycles. The summed E-state index contributed by atoms with van der Waals surface area (Å²) in [5.41, 5.74) is 2.11. The number of halogens is 2. The van der Waals surface area contributed by atoms with E-state index >= 15 is 0 Å². The molecule has 2 rings (SSSR count). The number of likely N-dealkylation sites (N-methyl/N-ethyl adjacent to an activating group) is 1. The monoisotopic (exact) mass is 370 g/mol. The summed E-state index contributed by atoms with van der Waals surface area (Å²) in [4.78, 5) is 1.66. The summed E-state index contributed by atoms with van der Waals surface area (Å²) in [6, 6.07) is 11.0. The van der Waals surface area contributed by atoms with Gasteiger partial charge in [0.2, 0.25) is 10.0 Å². The van der Waals surface area contributed by atoms with Crippen LogP contribution in [0.1, 0.15) is 17.2 Å². The first-order valence-corrected chi connectivity index (χ1v) is 9.24. The quantitative estimate of drug-likeness (QED) is 0.848. The van der Waals surface area contributed by atoms with Crippen LogP contribution in [-0.4, -0.2) is 34.0 Å². The van der Waals surface area contributed by atoms with Crippen molar-refractivity contribution in [2.45, 2.75) is 17.9 Å². The average Bonchev–Trinajstić information content (AvgIpc) is 2.51. The minimum Gasteiger partial charge on any atom is -0.301 e. The van der Waals surface area contributed by atoms with Crippen molar-refractivity contribution in [2.75, 3.05) is 20.6 Å². The first kappa shape index (κ1) is 18.9. The summed E-state index contributed by atoms with van der Waals surface area (Å²) in [6.45, 7) is 2.13. The standard InChI is InChI=1S/C17H20ClFN2O2S/c1-12-4-6-13(7-5-12)16(21(2)3)11-20-24(22,23)17-10-14(19)8-9-15(17)18/h4-10,16,20H,11H2,1-3H3. The Balaban J connectivity index is 2.22. The van der Waals surface area contributed by atoms with E-state index in [9.17, 15) is 12.8 Å². The molecule has 0 bridgehead atoms. The number of aryl methyl sites for hydroxylation is 1. The smallest absolute Gasteiger partial charge is 0.242 e. The Labute approximate surface area is 147 Å². The highest BCUT2D eigenvalue weighted by Gasteiger charge is 2.22. The van der Waals surface area contributed by atoms with Crippen LogP contribution in [0.2, 0.25) is 5.02 Å². The van der Waals surface area contributed by atoms with Gasteiger partial charge in [-0.05, 0) is 44.8 Å². The molecular formula is C17H20ClFN2O2S. The summed E-state index contributed by atoms with van der Waals surface area (Å²) >= 11 is 5.90. The third-order valence-corrected chi connectivity index (χ3v) is 5.64. The number of benzene rings is 2. The summed E-state index contributed by atoms with van der Waals surface area (Å²) in [5.74, 6) is -0.650. The Morgan fingerprint density at radius 1 is 1.17 bits per heavy atom. The van der Waals surface area contributed by atoms with Crippen molar-refractivity contribution in [3.05, 3.63) is 64.4 Å². The molecule has 2 aromatic rings. The number of hydrogen-bond acceptors (Lipinski definition) is 3. The van der Waals surface area contributed by atoms with Crippen molar-refractivity contribution in [1.29, 1.82) is 0 Å². The summed E-state index contributed by atoms with van der Waals surface area (Å²) in [7, 11) is -0.169. The number of rotatable bonds is 6. The van der Waals surface area contributed by atoms with Gasteiger partial charge in [-0.25, -0.2) is 17.5 Å². The molecule has 7 heteroatoms. The van der Waals surface area contributed by atoms with Gasteiger partial charge < -0.3 is 4.90 Å². The third-order valence-electron chi connectivity index (χ3n) is 3.73. The first-order valence-electron chi connectivity index (χ1n) is 7.38. The maximum atomic E-state index is 13.3. The Kier molecular flexibility index (Phi) is 5.98. The van der Waals surface area contributed by atoms with E-state index in [1.165, 1.54) is 6.07 Å². The number of hydrogen-bond donors (Lipinski definition) is 1. The van der Waals surface area contributed by atoms with Gasteiger partial charge >= 0.3 is 0 Å². The number of nitrogens with zero attached hydrogens (tertiary/aromatic N) is 1. The summed E-state index contributed by atoms with van der Waals surface area (Å²) in [6.07, 6.45) is 0. The van der Waals surface area contributed by atoms with E-state index in [1.54, 1.807) is 0 Å². The molecule has 24 heavy (non-hydrogen) atoms. The fraction of sp³-hybridized carbons (Fsp3) is 0.294. The minimum absolute atomic E-state index is 0.0133.